The van der Waals surface area contributed by atoms with Gasteiger partial charge >= 0.3 is 21.1 Å². The number of rotatable bonds is 4. The standard InChI is InChI=1S/C34H30N4Si.Pt/c1-24-18-19-35-34(20-24)38-30-13-6-5-12-28(30)29-17-16-27(22-33(29)38)39(3,4)26-11-9-10-25(21-26)37-23-36(2)31-14-7-8-15-32(31)37;/h5-20H,23H2,1-4H3;/q-2;+2/i1D3,2D3;. The Hall–Kier alpha value is -3.66. The predicted octanol–water partition coefficient (Wildman–Crippen LogP) is 6.45. The molecule has 0 N–H and O–H groups in total. The first-order valence-electron chi connectivity index (χ1n) is 15.9. The second-order valence-corrected chi connectivity index (χ2v) is 14.8. The molecule has 2 aromatic heterocycles. The van der Waals surface area contributed by atoms with E-state index in [-0.39, 0.29) is 33.3 Å². The van der Waals surface area contributed by atoms with E-state index in [1.165, 1.54) is 11.0 Å². The number of hydrogen-bond acceptors (Lipinski definition) is 3. The van der Waals surface area contributed by atoms with Crippen LogP contribution in [0.3, 0.4) is 0 Å². The number of anilines is 3. The molecule has 40 heavy (non-hydrogen) atoms. The Bertz CT molecular complexity index is 2090. The molecule has 0 radical (unpaired) electrons. The summed E-state index contributed by atoms with van der Waals surface area (Å²) < 4.78 is 50.1. The van der Waals surface area contributed by atoms with Crippen LogP contribution in [0, 0.1) is 19.0 Å². The molecule has 1 aliphatic heterocycles. The number of pyridine rings is 1. The minimum atomic E-state index is -2.40. The van der Waals surface area contributed by atoms with Crippen LogP contribution < -0.4 is 20.2 Å². The molecule has 0 atom stereocenters. The number of para-hydroxylation sites is 3. The first kappa shape index (κ1) is 20.2. The van der Waals surface area contributed by atoms with Gasteiger partial charge in [-0.3, -0.25) is 0 Å². The number of benzene rings is 4. The molecular weight excluding hydrogens is 688 g/mol. The molecule has 0 unspecified atom stereocenters. The largest absolute Gasteiger partial charge is 2.00 e. The van der Waals surface area contributed by atoms with Crippen molar-refractivity contribution in [1.29, 1.82) is 0 Å². The first-order chi connectivity index (χ1) is 21.3. The van der Waals surface area contributed by atoms with Crippen LogP contribution >= 0.6 is 0 Å². The third-order valence-corrected chi connectivity index (χ3v) is 11.0. The topological polar surface area (TPSA) is 24.3 Å². The minimum Gasteiger partial charge on any atom is -0.355 e. The average molecular weight is 724 g/mol. The molecule has 3 heterocycles. The number of nitrogens with zero attached hydrogens (tertiary/aromatic N) is 4. The van der Waals surface area contributed by atoms with E-state index in [9.17, 15) is 0 Å². The Morgan fingerprint density at radius 3 is 2.48 bits per heavy atom. The van der Waals surface area contributed by atoms with Crippen molar-refractivity contribution in [1.82, 2.24) is 9.55 Å². The van der Waals surface area contributed by atoms with Crippen LogP contribution in [0.15, 0.2) is 97.2 Å². The fourth-order valence-corrected chi connectivity index (χ4v) is 7.75. The number of aryl methyl sites for hydroxylation is 1. The van der Waals surface area contributed by atoms with Gasteiger partial charge in [0, 0.05) is 26.9 Å². The van der Waals surface area contributed by atoms with Gasteiger partial charge in [0.15, 0.2) is 0 Å². The zero-order valence-electron chi connectivity index (χ0n) is 28.0. The molecule has 1 aliphatic rings. The van der Waals surface area contributed by atoms with Crippen LogP contribution in [0.1, 0.15) is 13.8 Å². The number of aromatic nitrogens is 2. The van der Waals surface area contributed by atoms with Gasteiger partial charge in [-0.25, -0.2) is 4.98 Å². The van der Waals surface area contributed by atoms with Crippen molar-refractivity contribution in [3.63, 3.8) is 0 Å². The van der Waals surface area contributed by atoms with Crippen molar-refractivity contribution in [2.24, 2.45) is 0 Å². The molecular formula is C34H30N4PtSi. The zero-order valence-corrected chi connectivity index (χ0v) is 25.3. The van der Waals surface area contributed by atoms with E-state index in [2.05, 4.69) is 54.5 Å². The Labute approximate surface area is 259 Å². The molecule has 200 valence electrons. The molecule has 7 rings (SSSR count). The van der Waals surface area contributed by atoms with Gasteiger partial charge in [-0.1, -0.05) is 54.6 Å². The Morgan fingerprint density at radius 1 is 0.825 bits per heavy atom. The van der Waals surface area contributed by atoms with Crippen molar-refractivity contribution in [2.75, 3.05) is 23.4 Å². The van der Waals surface area contributed by atoms with Crippen molar-refractivity contribution in [3.05, 3.63) is 115 Å². The molecule has 0 saturated carbocycles. The average Bonchev–Trinajstić information content (AvgIpc) is 3.57. The molecule has 0 aliphatic carbocycles. The summed E-state index contributed by atoms with van der Waals surface area (Å²) in [6.07, 6.45) is 1.55. The van der Waals surface area contributed by atoms with Crippen LogP contribution in [-0.2, 0) is 21.1 Å². The van der Waals surface area contributed by atoms with Gasteiger partial charge in [0.1, 0.15) is 5.82 Å². The molecule has 0 saturated heterocycles. The third-order valence-electron chi connectivity index (χ3n) is 7.72. The second-order valence-electron chi connectivity index (χ2n) is 10.5. The molecule has 6 aromatic rings. The summed E-state index contributed by atoms with van der Waals surface area (Å²) in [5, 5.41) is 4.17. The summed E-state index contributed by atoms with van der Waals surface area (Å²) in [5.41, 5.74) is 4.32. The SMILES string of the molecule is [2H]C([2H])([2H])c1ccnc(-n2c3[c-]c([Si](C)(C)c4[c-]c(N5CN(C([2H])([2H])[2H])c6ccccc65)ccc4)ccc3c3ccccc32)c1.[Pt+2]. The Morgan fingerprint density at radius 2 is 1.62 bits per heavy atom. The molecule has 4 aromatic carbocycles. The Kier molecular flexibility index (Phi) is 5.09. The van der Waals surface area contributed by atoms with Gasteiger partial charge in [0.25, 0.3) is 0 Å². The molecule has 0 bridgehead atoms. The zero-order chi connectivity index (χ0) is 31.7. The van der Waals surface area contributed by atoms with Gasteiger partial charge in [0.2, 0.25) is 0 Å². The predicted molar refractivity (Wildman–Crippen MR) is 166 cm³/mol. The summed E-state index contributed by atoms with van der Waals surface area (Å²) in [4.78, 5) is 8.04. The first-order valence-corrected chi connectivity index (χ1v) is 15.9. The van der Waals surface area contributed by atoms with Gasteiger partial charge in [-0.05, 0) is 48.1 Å². The summed E-state index contributed by atoms with van der Waals surface area (Å²) in [6.45, 7) is 0.202. The smallest absolute Gasteiger partial charge is 0.355 e. The van der Waals surface area contributed by atoms with Crippen LogP contribution in [0.5, 0.6) is 0 Å². The monoisotopic (exact) mass is 723 g/mol. The molecule has 4 nitrogen and oxygen atoms in total. The number of fused-ring (bicyclic) bond motifs is 4. The molecule has 0 fully saturated rings. The summed E-state index contributed by atoms with van der Waals surface area (Å²) in [7, 11) is -2.40. The van der Waals surface area contributed by atoms with E-state index in [1.54, 1.807) is 12.3 Å². The maximum atomic E-state index is 8.08. The normalized spacial score (nSPS) is 15.9. The van der Waals surface area contributed by atoms with E-state index < -0.39 is 21.9 Å². The second kappa shape index (κ2) is 10.1. The maximum Gasteiger partial charge on any atom is 2.00 e. The fraction of sp³-hybridized carbons (Fsp3) is 0.147. The van der Waals surface area contributed by atoms with E-state index in [4.69, 9.17) is 8.22 Å². The van der Waals surface area contributed by atoms with Crippen LogP contribution in [0.25, 0.3) is 27.6 Å². The van der Waals surface area contributed by atoms with E-state index in [1.807, 2.05) is 64.1 Å². The van der Waals surface area contributed by atoms with Gasteiger partial charge in [-0.15, -0.1) is 11.5 Å². The van der Waals surface area contributed by atoms with E-state index >= 15 is 0 Å². The van der Waals surface area contributed by atoms with Gasteiger partial charge in [-0.2, -0.15) is 46.8 Å². The van der Waals surface area contributed by atoms with Crippen LogP contribution in [0.2, 0.25) is 13.1 Å². The summed E-state index contributed by atoms with van der Waals surface area (Å²) in [6, 6.07) is 36.5. The summed E-state index contributed by atoms with van der Waals surface area (Å²) in [5.74, 6) is 0.530. The van der Waals surface area contributed by atoms with Crippen molar-refractivity contribution in [3.8, 4) is 5.82 Å². The Balaban J connectivity index is 0.00000372. The molecule has 6 heteroatoms. The van der Waals surface area contributed by atoms with Gasteiger partial charge in [0.05, 0.1) is 26.1 Å². The van der Waals surface area contributed by atoms with Crippen molar-refractivity contribution in [2.45, 2.75) is 19.9 Å². The number of hydrogen-bond donors (Lipinski definition) is 0. The van der Waals surface area contributed by atoms with Gasteiger partial charge < -0.3 is 14.4 Å². The van der Waals surface area contributed by atoms with Crippen LogP contribution in [0.4, 0.5) is 17.1 Å². The van der Waals surface area contributed by atoms with E-state index in [0.29, 0.717) is 11.5 Å². The maximum absolute atomic E-state index is 8.08. The summed E-state index contributed by atoms with van der Waals surface area (Å²) >= 11 is 0. The third kappa shape index (κ3) is 4.20. The fourth-order valence-electron chi connectivity index (χ4n) is 5.58. The van der Waals surface area contributed by atoms with Crippen molar-refractivity contribution < 1.29 is 29.3 Å². The molecule has 0 amide bonds. The molecule has 0 spiro atoms. The van der Waals surface area contributed by atoms with E-state index in [0.717, 1.165) is 43.6 Å². The quantitative estimate of drug-likeness (QED) is 0.155. The van der Waals surface area contributed by atoms with Crippen LogP contribution in [-0.4, -0.2) is 31.3 Å². The minimum absolute atomic E-state index is 0. The van der Waals surface area contributed by atoms with Crippen molar-refractivity contribution >= 4 is 57.3 Å².